The van der Waals surface area contributed by atoms with Crippen LogP contribution in [0.15, 0.2) is 0 Å². The molecule has 2 rings (SSSR count). The fraction of sp³-hybridized carbons (Fsp3) is 1.00. The molecule has 4 heteroatoms. The lowest BCUT2D eigenvalue weighted by Gasteiger charge is -2.22. The van der Waals surface area contributed by atoms with E-state index in [2.05, 4.69) is 0 Å². The summed E-state index contributed by atoms with van der Waals surface area (Å²) in [5.74, 6) is 0. The van der Waals surface area contributed by atoms with E-state index in [-0.39, 0.29) is 24.4 Å². The van der Waals surface area contributed by atoms with Gasteiger partial charge >= 0.3 is 0 Å². The molecule has 2 saturated heterocycles. The average molecular weight is 188 g/mol. The number of aliphatic hydroxyl groups is 1. The van der Waals surface area contributed by atoms with Gasteiger partial charge in [-0.3, -0.25) is 0 Å². The molecule has 76 valence electrons. The number of epoxide rings is 2. The molecule has 0 saturated carbocycles. The molecule has 13 heavy (non-hydrogen) atoms. The van der Waals surface area contributed by atoms with E-state index in [1.807, 2.05) is 13.8 Å². The van der Waals surface area contributed by atoms with Gasteiger partial charge < -0.3 is 19.3 Å². The van der Waals surface area contributed by atoms with Crippen molar-refractivity contribution in [3.8, 4) is 0 Å². The molecule has 2 heterocycles. The van der Waals surface area contributed by atoms with Gasteiger partial charge in [0, 0.05) is 0 Å². The average Bonchev–Trinajstić information content (AvgIpc) is 2.83. The van der Waals surface area contributed by atoms with Crippen LogP contribution in [0.2, 0.25) is 0 Å². The van der Waals surface area contributed by atoms with E-state index in [1.165, 1.54) is 0 Å². The van der Waals surface area contributed by atoms with Crippen molar-refractivity contribution in [2.45, 2.75) is 44.4 Å². The Labute approximate surface area is 77.8 Å². The Bertz CT molecular complexity index is 174. The number of hydrogen-bond donors (Lipinski definition) is 1. The molecule has 2 aliphatic rings. The minimum absolute atomic E-state index is 0.0343. The Kier molecular flexibility index (Phi) is 2.55. The van der Waals surface area contributed by atoms with Gasteiger partial charge in [0.15, 0.2) is 0 Å². The summed E-state index contributed by atoms with van der Waals surface area (Å²) in [5.41, 5.74) is 0. The first-order chi connectivity index (χ1) is 6.18. The van der Waals surface area contributed by atoms with Crippen molar-refractivity contribution in [2.24, 2.45) is 0 Å². The first-order valence-corrected chi connectivity index (χ1v) is 4.75. The first kappa shape index (κ1) is 9.40. The van der Waals surface area contributed by atoms with Crippen molar-refractivity contribution in [1.82, 2.24) is 0 Å². The third-order valence-corrected chi connectivity index (χ3v) is 2.23. The molecule has 0 aromatic heterocycles. The molecule has 0 amide bonds. The van der Waals surface area contributed by atoms with Gasteiger partial charge in [-0.2, -0.15) is 0 Å². The van der Waals surface area contributed by atoms with Crippen LogP contribution in [0.5, 0.6) is 0 Å². The van der Waals surface area contributed by atoms with Gasteiger partial charge in [0.25, 0.3) is 0 Å². The van der Waals surface area contributed by atoms with E-state index in [4.69, 9.17) is 14.2 Å². The van der Waals surface area contributed by atoms with Crippen LogP contribution in [0.3, 0.4) is 0 Å². The largest absolute Gasteiger partial charge is 0.387 e. The minimum atomic E-state index is -0.533. The second kappa shape index (κ2) is 3.53. The van der Waals surface area contributed by atoms with Crippen LogP contribution >= 0.6 is 0 Å². The Balaban J connectivity index is 1.87. The summed E-state index contributed by atoms with van der Waals surface area (Å²) >= 11 is 0. The first-order valence-electron chi connectivity index (χ1n) is 4.75. The SMILES string of the molecule is CC(C)O[C@H]([C@@H](O)[C@@H]1CO1)[C@@H]1CO1. The van der Waals surface area contributed by atoms with Crippen LogP contribution in [0.25, 0.3) is 0 Å². The fourth-order valence-corrected chi connectivity index (χ4v) is 1.41. The van der Waals surface area contributed by atoms with Gasteiger partial charge in [-0.1, -0.05) is 0 Å². The van der Waals surface area contributed by atoms with Crippen molar-refractivity contribution in [3.05, 3.63) is 0 Å². The lowest BCUT2D eigenvalue weighted by molar-refractivity contribution is -0.0837. The minimum Gasteiger partial charge on any atom is -0.387 e. The van der Waals surface area contributed by atoms with Crippen LogP contribution in [-0.2, 0) is 14.2 Å². The summed E-state index contributed by atoms with van der Waals surface area (Å²) in [7, 11) is 0. The van der Waals surface area contributed by atoms with Gasteiger partial charge in [-0.15, -0.1) is 0 Å². The van der Waals surface area contributed by atoms with Gasteiger partial charge in [0.2, 0.25) is 0 Å². The highest BCUT2D eigenvalue weighted by Crippen LogP contribution is 2.27. The van der Waals surface area contributed by atoms with Crippen LogP contribution in [0.4, 0.5) is 0 Å². The Hall–Kier alpha value is -0.160. The van der Waals surface area contributed by atoms with Crippen molar-refractivity contribution >= 4 is 0 Å². The Morgan fingerprint density at radius 1 is 1.23 bits per heavy atom. The highest BCUT2D eigenvalue weighted by Gasteiger charge is 2.46. The third kappa shape index (κ3) is 2.40. The van der Waals surface area contributed by atoms with E-state index in [1.54, 1.807) is 0 Å². The van der Waals surface area contributed by atoms with Crippen LogP contribution < -0.4 is 0 Å². The number of hydrogen-bond acceptors (Lipinski definition) is 4. The van der Waals surface area contributed by atoms with Gasteiger partial charge in [0.1, 0.15) is 24.4 Å². The molecule has 0 aromatic rings. The monoisotopic (exact) mass is 188 g/mol. The maximum Gasteiger partial charge on any atom is 0.115 e. The predicted octanol–water partition coefficient (Wildman–Crippen LogP) is -0.0615. The molecular formula is C9H16O4. The smallest absolute Gasteiger partial charge is 0.115 e. The topological polar surface area (TPSA) is 54.5 Å². The standard InChI is InChI=1S/C9H16O4/c1-5(2)13-9(7-4-12-7)8(10)6-3-11-6/h5-10H,3-4H2,1-2H3/t6-,7-,8-,9-/m0/s1. The number of rotatable bonds is 5. The van der Waals surface area contributed by atoms with E-state index in [9.17, 15) is 5.11 Å². The van der Waals surface area contributed by atoms with Crippen LogP contribution in [-0.4, -0.2) is 48.8 Å². The normalized spacial score (nSPS) is 36.0. The third-order valence-electron chi connectivity index (χ3n) is 2.23. The zero-order chi connectivity index (χ0) is 9.42. The molecule has 4 nitrogen and oxygen atoms in total. The number of ether oxygens (including phenoxy) is 3. The highest BCUT2D eigenvalue weighted by molar-refractivity contribution is 4.93. The maximum absolute atomic E-state index is 9.78. The lowest BCUT2D eigenvalue weighted by Crippen LogP contribution is -2.39. The molecule has 0 unspecified atom stereocenters. The maximum atomic E-state index is 9.78. The quantitative estimate of drug-likeness (QED) is 0.614. The molecule has 0 aliphatic carbocycles. The molecule has 1 N–H and O–H groups in total. The predicted molar refractivity (Wildman–Crippen MR) is 45.5 cm³/mol. The zero-order valence-corrected chi connectivity index (χ0v) is 7.97. The summed E-state index contributed by atoms with van der Waals surface area (Å²) in [6.45, 7) is 5.25. The summed E-state index contributed by atoms with van der Waals surface area (Å²) in [4.78, 5) is 0. The molecule has 0 radical (unpaired) electrons. The fourth-order valence-electron chi connectivity index (χ4n) is 1.41. The molecule has 4 atom stereocenters. The van der Waals surface area contributed by atoms with E-state index in [0.29, 0.717) is 13.2 Å². The molecular weight excluding hydrogens is 172 g/mol. The zero-order valence-electron chi connectivity index (χ0n) is 7.97. The van der Waals surface area contributed by atoms with Crippen LogP contribution in [0, 0.1) is 0 Å². The van der Waals surface area contributed by atoms with Gasteiger partial charge in [-0.25, -0.2) is 0 Å². The second-order valence-electron chi connectivity index (χ2n) is 3.88. The molecule has 0 bridgehead atoms. The molecule has 2 fully saturated rings. The molecule has 0 aromatic carbocycles. The van der Waals surface area contributed by atoms with Crippen molar-refractivity contribution in [2.75, 3.05) is 13.2 Å². The number of aliphatic hydroxyl groups excluding tert-OH is 1. The highest BCUT2D eigenvalue weighted by atomic mass is 16.6. The van der Waals surface area contributed by atoms with Crippen molar-refractivity contribution in [1.29, 1.82) is 0 Å². The van der Waals surface area contributed by atoms with Crippen molar-refractivity contribution in [3.63, 3.8) is 0 Å². The van der Waals surface area contributed by atoms with Gasteiger partial charge in [0.05, 0.1) is 19.3 Å². The van der Waals surface area contributed by atoms with Crippen LogP contribution in [0.1, 0.15) is 13.8 Å². The summed E-state index contributed by atoms with van der Waals surface area (Å²) in [6, 6.07) is 0. The van der Waals surface area contributed by atoms with Crippen molar-refractivity contribution < 1.29 is 19.3 Å². The van der Waals surface area contributed by atoms with E-state index in [0.717, 1.165) is 0 Å². The second-order valence-corrected chi connectivity index (χ2v) is 3.88. The summed E-state index contributed by atoms with van der Waals surface area (Å²) in [5, 5.41) is 9.78. The lowest BCUT2D eigenvalue weighted by atomic mass is 10.1. The molecule has 2 aliphatic heterocycles. The van der Waals surface area contributed by atoms with E-state index < -0.39 is 6.10 Å². The molecule has 0 spiro atoms. The summed E-state index contributed by atoms with van der Waals surface area (Å²) < 4.78 is 15.7. The Morgan fingerprint density at radius 3 is 2.15 bits per heavy atom. The summed E-state index contributed by atoms with van der Waals surface area (Å²) in [6.07, 6.45) is -0.598. The van der Waals surface area contributed by atoms with Gasteiger partial charge in [-0.05, 0) is 13.8 Å². The van der Waals surface area contributed by atoms with E-state index >= 15 is 0 Å². The Morgan fingerprint density at radius 2 is 1.77 bits per heavy atom.